The predicted octanol–water partition coefficient (Wildman–Crippen LogP) is 2.74. The lowest BCUT2D eigenvalue weighted by Crippen LogP contribution is -2.23. The van der Waals surface area contributed by atoms with Crippen LogP contribution >= 0.6 is 11.3 Å². The smallest absolute Gasteiger partial charge is 0.337 e. The first kappa shape index (κ1) is 14.7. The largest absolute Gasteiger partial charge is 0.465 e. The molecule has 0 atom stereocenters. The number of aromatic nitrogens is 1. The van der Waals surface area contributed by atoms with E-state index in [2.05, 4.69) is 15.0 Å². The molecule has 114 valence electrons. The highest BCUT2D eigenvalue weighted by Crippen LogP contribution is 2.41. The quantitative estimate of drug-likeness (QED) is 0.861. The van der Waals surface area contributed by atoms with Gasteiger partial charge in [0.1, 0.15) is 4.88 Å². The van der Waals surface area contributed by atoms with Gasteiger partial charge in [-0.15, -0.1) is 11.3 Å². The lowest BCUT2D eigenvalue weighted by Gasteiger charge is -2.06. The van der Waals surface area contributed by atoms with Gasteiger partial charge in [-0.3, -0.25) is 4.79 Å². The Labute approximate surface area is 132 Å². The summed E-state index contributed by atoms with van der Waals surface area (Å²) in [5, 5.41) is 2.90. The summed E-state index contributed by atoms with van der Waals surface area (Å²) in [7, 11) is 1.35. The van der Waals surface area contributed by atoms with Gasteiger partial charge in [0.05, 0.1) is 23.9 Å². The molecule has 0 spiro atoms. The standard InChI is InChI=1S/C16H16N2O3S/c1-21-16(20)12-4-2-10(3-5-12)8-17-15(19)14-13(11-6-7-11)18-9-22-14/h2-5,9,11H,6-8H2,1H3,(H,17,19). The van der Waals surface area contributed by atoms with Crippen molar-refractivity contribution in [2.45, 2.75) is 25.3 Å². The molecule has 1 fully saturated rings. The average molecular weight is 316 g/mol. The lowest BCUT2D eigenvalue weighted by atomic mass is 10.1. The second kappa shape index (κ2) is 6.27. The molecule has 1 saturated carbocycles. The molecule has 0 bridgehead atoms. The molecule has 0 radical (unpaired) electrons. The molecule has 0 aliphatic heterocycles. The molecule has 0 unspecified atom stereocenters. The van der Waals surface area contributed by atoms with Gasteiger partial charge in [0, 0.05) is 12.5 Å². The van der Waals surface area contributed by atoms with Crippen LogP contribution in [-0.2, 0) is 11.3 Å². The van der Waals surface area contributed by atoms with E-state index in [4.69, 9.17) is 0 Å². The molecule has 1 aliphatic rings. The zero-order valence-corrected chi connectivity index (χ0v) is 13.0. The minimum Gasteiger partial charge on any atom is -0.465 e. The Balaban J connectivity index is 1.61. The molecule has 1 amide bonds. The molecule has 6 heteroatoms. The van der Waals surface area contributed by atoms with Crippen molar-refractivity contribution in [1.82, 2.24) is 10.3 Å². The van der Waals surface area contributed by atoms with E-state index in [9.17, 15) is 9.59 Å². The molecular weight excluding hydrogens is 300 g/mol. The molecule has 0 saturated heterocycles. The molecule has 5 nitrogen and oxygen atoms in total. The van der Waals surface area contributed by atoms with E-state index in [1.54, 1.807) is 29.8 Å². The second-order valence-electron chi connectivity index (χ2n) is 5.21. The van der Waals surface area contributed by atoms with Crippen LogP contribution in [0.5, 0.6) is 0 Å². The normalized spacial score (nSPS) is 13.7. The Hall–Kier alpha value is -2.21. The number of carbonyl (C=O) groups is 2. The third-order valence-electron chi connectivity index (χ3n) is 3.59. The first-order valence-corrected chi connectivity index (χ1v) is 7.96. The maximum absolute atomic E-state index is 12.2. The molecule has 1 aromatic heterocycles. The van der Waals surface area contributed by atoms with E-state index < -0.39 is 0 Å². The fourth-order valence-electron chi connectivity index (χ4n) is 2.21. The van der Waals surface area contributed by atoms with Crippen molar-refractivity contribution in [3.8, 4) is 0 Å². The summed E-state index contributed by atoms with van der Waals surface area (Å²) < 4.78 is 4.65. The number of hydrogen-bond acceptors (Lipinski definition) is 5. The van der Waals surface area contributed by atoms with Gasteiger partial charge in [-0.25, -0.2) is 9.78 Å². The zero-order valence-electron chi connectivity index (χ0n) is 12.2. The van der Waals surface area contributed by atoms with Gasteiger partial charge in [-0.05, 0) is 30.5 Å². The fraction of sp³-hybridized carbons (Fsp3) is 0.312. The Bertz CT molecular complexity index is 690. The molecule has 22 heavy (non-hydrogen) atoms. The maximum Gasteiger partial charge on any atom is 0.337 e. The number of methoxy groups -OCH3 is 1. The van der Waals surface area contributed by atoms with Crippen LogP contribution in [0.2, 0.25) is 0 Å². The third-order valence-corrected chi connectivity index (χ3v) is 4.43. The number of benzene rings is 1. The zero-order chi connectivity index (χ0) is 15.5. The Kier molecular flexibility index (Phi) is 4.20. The highest BCUT2D eigenvalue weighted by molar-refractivity contribution is 7.11. The average Bonchev–Trinajstić information content (AvgIpc) is 3.29. The van der Waals surface area contributed by atoms with Crippen LogP contribution in [0.4, 0.5) is 0 Å². The van der Waals surface area contributed by atoms with Crippen molar-refractivity contribution in [2.24, 2.45) is 0 Å². The van der Waals surface area contributed by atoms with Gasteiger partial charge in [0.25, 0.3) is 5.91 Å². The van der Waals surface area contributed by atoms with E-state index in [1.165, 1.54) is 18.4 Å². The van der Waals surface area contributed by atoms with Crippen LogP contribution < -0.4 is 5.32 Å². The SMILES string of the molecule is COC(=O)c1ccc(CNC(=O)c2scnc2C2CC2)cc1. The van der Waals surface area contributed by atoms with Crippen molar-refractivity contribution < 1.29 is 14.3 Å². The minimum atomic E-state index is -0.366. The van der Waals surface area contributed by atoms with E-state index in [0.717, 1.165) is 24.1 Å². The van der Waals surface area contributed by atoms with Crippen molar-refractivity contribution in [3.63, 3.8) is 0 Å². The minimum absolute atomic E-state index is 0.0820. The fourth-order valence-corrected chi connectivity index (χ4v) is 3.00. The number of nitrogens with one attached hydrogen (secondary N) is 1. The number of hydrogen-bond donors (Lipinski definition) is 1. The number of amides is 1. The number of thiazole rings is 1. The number of rotatable bonds is 5. The van der Waals surface area contributed by atoms with Crippen molar-refractivity contribution in [1.29, 1.82) is 0 Å². The molecule has 1 N–H and O–H groups in total. The summed E-state index contributed by atoms with van der Waals surface area (Å²) in [6.45, 7) is 0.419. The summed E-state index contributed by atoms with van der Waals surface area (Å²) in [5.41, 5.74) is 4.09. The first-order valence-electron chi connectivity index (χ1n) is 7.08. The van der Waals surface area contributed by atoms with Gasteiger partial charge in [0.2, 0.25) is 0 Å². The Morgan fingerprint density at radius 3 is 2.68 bits per heavy atom. The molecule has 1 aromatic carbocycles. The number of nitrogens with zero attached hydrogens (tertiary/aromatic N) is 1. The lowest BCUT2D eigenvalue weighted by molar-refractivity contribution is 0.0600. The van der Waals surface area contributed by atoms with Gasteiger partial charge >= 0.3 is 5.97 Å². The topological polar surface area (TPSA) is 68.3 Å². The van der Waals surface area contributed by atoms with Crippen LogP contribution in [0.3, 0.4) is 0 Å². The summed E-state index contributed by atoms with van der Waals surface area (Å²) in [4.78, 5) is 28.6. The molecule has 2 aromatic rings. The highest BCUT2D eigenvalue weighted by atomic mass is 32.1. The van der Waals surface area contributed by atoms with Crippen LogP contribution in [0.25, 0.3) is 0 Å². The third kappa shape index (κ3) is 3.17. The monoisotopic (exact) mass is 316 g/mol. The van der Waals surface area contributed by atoms with Crippen LogP contribution in [0, 0.1) is 0 Å². The first-order chi connectivity index (χ1) is 10.7. The van der Waals surface area contributed by atoms with Crippen LogP contribution in [0.15, 0.2) is 29.8 Å². The Morgan fingerprint density at radius 1 is 1.32 bits per heavy atom. The second-order valence-corrected chi connectivity index (χ2v) is 6.07. The summed E-state index contributed by atoms with van der Waals surface area (Å²) in [6.07, 6.45) is 2.25. The molecular formula is C16H16N2O3S. The molecule has 1 aliphatic carbocycles. The van der Waals surface area contributed by atoms with E-state index in [1.807, 2.05) is 0 Å². The Morgan fingerprint density at radius 2 is 2.05 bits per heavy atom. The van der Waals surface area contributed by atoms with E-state index in [0.29, 0.717) is 22.9 Å². The number of ether oxygens (including phenoxy) is 1. The maximum atomic E-state index is 12.2. The van der Waals surface area contributed by atoms with Crippen molar-refractivity contribution >= 4 is 23.2 Å². The number of esters is 1. The van der Waals surface area contributed by atoms with Crippen molar-refractivity contribution in [3.05, 3.63) is 51.5 Å². The van der Waals surface area contributed by atoms with E-state index >= 15 is 0 Å². The van der Waals surface area contributed by atoms with E-state index in [-0.39, 0.29) is 11.9 Å². The predicted molar refractivity (Wildman–Crippen MR) is 83.0 cm³/mol. The summed E-state index contributed by atoms with van der Waals surface area (Å²) in [5.74, 6) is 0.0158. The summed E-state index contributed by atoms with van der Waals surface area (Å²) >= 11 is 1.39. The molecule has 1 heterocycles. The number of carbonyl (C=O) groups excluding carboxylic acids is 2. The molecule has 3 rings (SSSR count). The summed E-state index contributed by atoms with van der Waals surface area (Å²) in [6, 6.07) is 6.99. The van der Waals surface area contributed by atoms with Gasteiger partial charge < -0.3 is 10.1 Å². The van der Waals surface area contributed by atoms with Crippen molar-refractivity contribution in [2.75, 3.05) is 7.11 Å². The van der Waals surface area contributed by atoms with Gasteiger partial charge in [-0.2, -0.15) is 0 Å². The van der Waals surface area contributed by atoms with Crippen LogP contribution in [0.1, 0.15) is 50.0 Å². The van der Waals surface area contributed by atoms with Crippen LogP contribution in [-0.4, -0.2) is 24.0 Å². The van der Waals surface area contributed by atoms with Gasteiger partial charge in [-0.1, -0.05) is 12.1 Å². The highest BCUT2D eigenvalue weighted by Gasteiger charge is 2.30. The van der Waals surface area contributed by atoms with Gasteiger partial charge in [0.15, 0.2) is 0 Å².